The van der Waals surface area contributed by atoms with Gasteiger partial charge in [0.25, 0.3) is 5.79 Å². The van der Waals surface area contributed by atoms with Crippen LogP contribution in [0.4, 0.5) is 13.2 Å². The predicted molar refractivity (Wildman–Crippen MR) is 201 cm³/mol. The van der Waals surface area contributed by atoms with Crippen LogP contribution in [0.2, 0.25) is 29.7 Å². The van der Waals surface area contributed by atoms with Gasteiger partial charge in [-0.15, -0.1) is 0 Å². The molecule has 0 aromatic heterocycles. The number of halogens is 5. The van der Waals surface area contributed by atoms with Crippen molar-refractivity contribution in [3.8, 4) is 5.75 Å². The minimum Gasteiger partial charge on any atom is -0.484 e. The molecule has 0 radical (unpaired) electrons. The average Bonchev–Trinajstić information content (AvgIpc) is 3.02. The molecule has 0 bridgehead atoms. The van der Waals surface area contributed by atoms with E-state index in [9.17, 15) is 18.0 Å². The molecule has 282 valence electrons. The normalized spacial score (nSPS) is 14.4. The Morgan fingerprint density at radius 1 is 0.843 bits per heavy atom. The molecule has 0 saturated heterocycles. The molecule has 3 rings (SSSR count). The van der Waals surface area contributed by atoms with Crippen LogP contribution in [0.5, 0.6) is 5.75 Å². The Hall–Kier alpha value is -2.60. The molecule has 0 heterocycles. The molecule has 51 heavy (non-hydrogen) atoms. The van der Waals surface area contributed by atoms with Crippen molar-refractivity contribution in [3.63, 3.8) is 0 Å². The number of hydrogen-bond donors (Lipinski definition) is 0. The molecule has 0 amide bonds. The number of rotatable bonds is 18. The minimum absolute atomic E-state index is 0.0741. The van der Waals surface area contributed by atoms with E-state index in [0.717, 1.165) is 49.7 Å². The summed E-state index contributed by atoms with van der Waals surface area (Å²) in [7, 11) is 0.250. The zero-order chi connectivity index (χ0) is 38.0. The number of hydrogen-bond acceptors (Lipinski definition) is 6. The van der Waals surface area contributed by atoms with Gasteiger partial charge in [-0.05, 0) is 133 Å². The molecule has 0 aliphatic rings. The summed E-state index contributed by atoms with van der Waals surface area (Å²) in [5, 5.41) is 1.37. The summed E-state index contributed by atoms with van der Waals surface area (Å²) in [5.74, 6) is -3.15. The Morgan fingerprint density at radius 2 is 1.37 bits per heavy atom. The SMILES string of the molecule is COC(O[Si](C)(C)C)(C(CCCC(=O)OC(C)(C)C)Oc1ccc(CCCN(C)CC(c2ccc(Cl)cc2)c2ccc(Cl)cc2)cc1)C(F)(F)F. The highest BCUT2D eigenvalue weighted by atomic mass is 35.5. The van der Waals surface area contributed by atoms with Crippen molar-refractivity contribution >= 4 is 37.5 Å². The summed E-state index contributed by atoms with van der Waals surface area (Å²) >= 11 is 12.3. The van der Waals surface area contributed by atoms with Crippen LogP contribution in [0, 0.1) is 0 Å². The molecule has 2 unspecified atom stereocenters. The number of esters is 1. The van der Waals surface area contributed by atoms with Crippen LogP contribution in [0.1, 0.15) is 69.1 Å². The number of benzene rings is 3. The van der Waals surface area contributed by atoms with Crippen LogP contribution < -0.4 is 4.74 Å². The fraction of sp³-hybridized carbons (Fsp3) is 0.513. The van der Waals surface area contributed by atoms with Gasteiger partial charge in [-0.25, -0.2) is 0 Å². The largest absolute Gasteiger partial charge is 0.484 e. The second-order valence-electron chi connectivity index (χ2n) is 14.8. The van der Waals surface area contributed by atoms with Crippen LogP contribution in [0.15, 0.2) is 72.8 Å². The standard InChI is InChI=1S/C39H52Cl2F3NO5Si/c1-37(2,3)49-36(46)13-9-12-35(38(47-5,39(42,43)44)50-51(6,7)8)48-33-24-14-28(15-25-33)11-10-26-45(4)27-34(29-16-20-31(40)21-17-29)30-18-22-32(41)23-19-30/h14-25,34-35H,9-13,26-27H2,1-8H3. The first-order valence-electron chi connectivity index (χ1n) is 17.2. The van der Waals surface area contributed by atoms with Crippen LogP contribution in [0.3, 0.4) is 0 Å². The Bertz CT molecular complexity index is 1470. The van der Waals surface area contributed by atoms with E-state index in [1.54, 1.807) is 52.5 Å². The maximum absolute atomic E-state index is 14.8. The molecule has 0 N–H and O–H groups in total. The Balaban J connectivity index is 1.70. The molecule has 0 spiro atoms. The molecule has 12 heteroatoms. The number of carbonyl (C=O) groups is 1. The fourth-order valence-corrected chi connectivity index (χ4v) is 7.34. The third-order valence-electron chi connectivity index (χ3n) is 8.09. The van der Waals surface area contributed by atoms with Crippen LogP contribution in [-0.2, 0) is 25.1 Å². The van der Waals surface area contributed by atoms with Crippen LogP contribution >= 0.6 is 23.2 Å². The lowest BCUT2D eigenvalue weighted by Crippen LogP contribution is -2.63. The first-order valence-corrected chi connectivity index (χ1v) is 21.4. The summed E-state index contributed by atoms with van der Waals surface area (Å²) in [6, 6.07) is 22.9. The number of methoxy groups -OCH3 is 1. The highest BCUT2D eigenvalue weighted by molar-refractivity contribution is 6.69. The van der Waals surface area contributed by atoms with E-state index < -0.39 is 38.0 Å². The van der Waals surface area contributed by atoms with E-state index in [0.29, 0.717) is 10.0 Å². The van der Waals surface area contributed by atoms with Gasteiger partial charge < -0.3 is 23.5 Å². The number of aryl methyl sites for hydroxylation is 1. The quantitative estimate of drug-likeness (QED) is 0.0729. The summed E-state index contributed by atoms with van der Waals surface area (Å²) < 4.78 is 66.8. The number of ether oxygens (including phenoxy) is 3. The number of nitrogens with zero attached hydrogens (tertiary/aromatic N) is 1. The third-order valence-corrected chi connectivity index (χ3v) is 9.51. The summed E-state index contributed by atoms with van der Waals surface area (Å²) in [5.41, 5.74) is 2.64. The molecular weight excluding hydrogens is 718 g/mol. The van der Waals surface area contributed by atoms with E-state index in [4.69, 9.17) is 41.8 Å². The lowest BCUT2D eigenvalue weighted by Gasteiger charge is -2.43. The topological polar surface area (TPSA) is 57.2 Å². The van der Waals surface area contributed by atoms with Crippen molar-refractivity contribution in [2.75, 3.05) is 27.2 Å². The number of alkyl halides is 3. The van der Waals surface area contributed by atoms with Crippen LogP contribution in [0.25, 0.3) is 0 Å². The average molecular weight is 771 g/mol. The second-order valence-corrected chi connectivity index (χ2v) is 20.1. The molecule has 0 saturated carbocycles. The van der Waals surface area contributed by atoms with Crippen molar-refractivity contribution < 1.29 is 36.6 Å². The van der Waals surface area contributed by atoms with E-state index in [-0.39, 0.29) is 30.9 Å². The van der Waals surface area contributed by atoms with Gasteiger partial charge in [0.2, 0.25) is 0 Å². The zero-order valence-electron chi connectivity index (χ0n) is 30.9. The maximum atomic E-state index is 14.8. The zero-order valence-corrected chi connectivity index (χ0v) is 33.4. The maximum Gasteiger partial charge on any atom is 0.446 e. The van der Waals surface area contributed by atoms with E-state index in [2.05, 4.69) is 11.9 Å². The first kappa shape index (κ1) is 42.8. The summed E-state index contributed by atoms with van der Waals surface area (Å²) in [6.07, 6.45) is -5.01. The second kappa shape index (κ2) is 18.4. The Kier molecular flexibility index (Phi) is 15.5. The lowest BCUT2D eigenvalue weighted by molar-refractivity contribution is -0.374. The molecule has 6 nitrogen and oxygen atoms in total. The van der Waals surface area contributed by atoms with Crippen molar-refractivity contribution in [3.05, 3.63) is 99.5 Å². The van der Waals surface area contributed by atoms with E-state index >= 15 is 0 Å². The van der Waals surface area contributed by atoms with Crippen LogP contribution in [-0.4, -0.2) is 70.1 Å². The minimum atomic E-state index is -4.91. The first-order chi connectivity index (χ1) is 23.7. The monoisotopic (exact) mass is 769 g/mol. The summed E-state index contributed by atoms with van der Waals surface area (Å²) in [4.78, 5) is 14.6. The Morgan fingerprint density at radius 3 is 1.82 bits per heavy atom. The number of likely N-dealkylation sites (N-methyl/N-ethyl adjacent to an activating group) is 1. The van der Waals surface area contributed by atoms with Gasteiger partial charge in [0.1, 0.15) is 11.4 Å². The molecule has 0 aliphatic heterocycles. The summed E-state index contributed by atoms with van der Waals surface area (Å²) in [6.45, 7) is 11.8. The lowest BCUT2D eigenvalue weighted by atomic mass is 9.91. The van der Waals surface area contributed by atoms with Gasteiger partial charge in [0.15, 0.2) is 14.4 Å². The van der Waals surface area contributed by atoms with Gasteiger partial charge in [-0.3, -0.25) is 4.79 Å². The molecular formula is C39H52Cl2F3NO5Si. The smallest absolute Gasteiger partial charge is 0.446 e. The van der Waals surface area contributed by atoms with E-state index in [1.165, 1.54) is 0 Å². The van der Waals surface area contributed by atoms with Gasteiger partial charge in [0.05, 0.1) is 0 Å². The molecule has 3 aromatic rings. The fourth-order valence-electron chi connectivity index (χ4n) is 5.85. The van der Waals surface area contributed by atoms with Crippen molar-refractivity contribution in [1.29, 1.82) is 0 Å². The van der Waals surface area contributed by atoms with Gasteiger partial charge in [0, 0.05) is 36.0 Å². The van der Waals surface area contributed by atoms with E-state index in [1.807, 2.05) is 60.7 Å². The van der Waals surface area contributed by atoms with Crippen molar-refractivity contribution in [2.45, 2.75) is 102 Å². The van der Waals surface area contributed by atoms with Gasteiger partial charge in [-0.1, -0.05) is 59.6 Å². The molecule has 3 aromatic carbocycles. The van der Waals surface area contributed by atoms with Gasteiger partial charge >= 0.3 is 12.1 Å². The van der Waals surface area contributed by atoms with Crippen molar-refractivity contribution in [2.24, 2.45) is 0 Å². The van der Waals surface area contributed by atoms with Gasteiger partial charge in [-0.2, -0.15) is 13.2 Å². The molecule has 0 fully saturated rings. The Labute approximate surface area is 312 Å². The van der Waals surface area contributed by atoms with Crippen molar-refractivity contribution in [1.82, 2.24) is 4.90 Å². The predicted octanol–water partition coefficient (Wildman–Crippen LogP) is 10.7. The highest BCUT2D eigenvalue weighted by Crippen LogP contribution is 2.42. The number of carbonyl (C=O) groups excluding carboxylic acids is 1. The third kappa shape index (κ3) is 13.7. The highest BCUT2D eigenvalue weighted by Gasteiger charge is 2.64. The molecule has 2 atom stereocenters. The molecule has 0 aliphatic carbocycles.